The monoisotopic (exact) mass is 309 g/mol. The van der Waals surface area contributed by atoms with Gasteiger partial charge in [0.25, 0.3) is 0 Å². The van der Waals surface area contributed by atoms with Gasteiger partial charge in [-0.2, -0.15) is 0 Å². The van der Waals surface area contributed by atoms with Crippen LogP contribution in [0.25, 0.3) is 0 Å². The van der Waals surface area contributed by atoms with Crippen LogP contribution in [0, 0.1) is 0 Å². The Morgan fingerprint density at radius 1 is 1.18 bits per heavy atom. The zero-order valence-electron chi connectivity index (χ0n) is 14.4. The van der Waals surface area contributed by atoms with Crippen LogP contribution < -0.4 is 5.32 Å². The molecule has 0 atom stereocenters. The van der Waals surface area contributed by atoms with Crippen molar-refractivity contribution in [3.63, 3.8) is 0 Å². The number of carbonyl (C=O) groups excluding carboxylic acids is 1. The van der Waals surface area contributed by atoms with Gasteiger partial charge >= 0.3 is 6.09 Å². The first kappa shape index (κ1) is 17.3. The number of rotatable bonds is 2. The lowest BCUT2D eigenvalue weighted by atomic mass is 9.86. The number of hydrogen-bond donors (Lipinski definition) is 1. The zero-order valence-corrected chi connectivity index (χ0v) is 14.4. The van der Waals surface area contributed by atoms with Crippen molar-refractivity contribution in [1.29, 1.82) is 0 Å². The Kier molecular flexibility index (Phi) is 5.50. The first-order valence-corrected chi connectivity index (χ1v) is 8.44. The van der Waals surface area contributed by atoms with E-state index in [9.17, 15) is 4.79 Å². The molecule has 2 fully saturated rings. The summed E-state index contributed by atoms with van der Waals surface area (Å²) in [7, 11) is 0. The predicted molar refractivity (Wildman–Crippen MR) is 89.0 cm³/mol. The topological polar surface area (TPSA) is 44.8 Å². The van der Waals surface area contributed by atoms with Crippen LogP contribution in [0.4, 0.5) is 4.79 Å². The van der Waals surface area contributed by atoms with Gasteiger partial charge in [0.2, 0.25) is 0 Å². The van der Waals surface area contributed by atoms with Crippen molar-refractivity contribution in [2.45, 2.75) is 51.2 Å². The molecule has 2 rings (SSSR count). The number of hydrogen-bond acceptors (Lipinski definition) is 4. The van der Waals surface area contributed by atoms with Gasteiger partial charge in [0.15, 0.2) is 0 Å². The standard InChI is InChI=1S/C17H31N3O2/c1-5-17(7-9-18-10-8-17)20-12-6-11-19(13-14-20)15(21)22-16(2,3)4/h5,18H,1,6-14H2,2-4H3. The molecule has 2 heterocycles. The smallest absolute Gasteiger partial charge is 0.410 e. The quantitative estimate of drug-likeness (QED) is 0.795. The summed E-state index contributed by atoms with van der Waals surface area (Å²) >= 11 is 0. The Balaban J connectivity index is 1.97. The van der Waals surface area contributed by atoms with Crippen molar-refractivity contribution < 1.29 is 9.53 Å². The van der Waals surface area contributed by atoms with Crippen LogP contribution in [0.15, 0.2) is 12.7 Å². The van der Waals surface area contributed by atoms with E-state index in [4.69, 9.17) is 4.74 Å². The average molecular weight is 309 g/mol. The fourth-order valence-corrected chi connectivity index (χ4v) is 3.38. The minimum Gasteiger partial charge on any atom is -0.444 e. The van der Waals surface area contributed by atoms with Crippen molar-refractivity contribution in [3.05, 3.63) is 12.7 Å². The van der Waals surface area contributed by atoms with Crippen molar-refractivity contribution in [2.75, 3.05) is 39.3 Å². The fraction of sp³-hybridized carbons (Fsp3) is 0.824. The number of carbonyl (C=O) groups is 1. The summed E-state index contributed by atoms with van der Waals surface area (Å²) in [5.41, 5.74) is -0.338. The van der Waals surface area contributed by atoms with Crippen LogP contribution in [0.3, 0.4) is 0 Å². The maximum Gasteiger partial charge on any atom is 0.410 e. The molecule has 0 aromatic rings. The highest BCUT2D eigenvalue weighted by molar-refractivity contribution is 5.68. The van der Waals surface area contributed by atoms with Crippen LogP contribution in [-0.2, 0) is 4.74 Å². The molecule has 2 aliphatic heterocycles. The second-order valence-electron chi connectivity index (χ2n) is 7.37. The van der Waals surface area contributed by atoms with Gasteiger partial charge in [0.05, 0.1) is 0 Å². The molecule has 5 nitrogen and oxygen atoms in total. The highest BCUT2D eigenvalue weighted by atomic mass is 16.6. The van der Waals surface area contributed by atoms with Gasteiger partial charge in [-0.05, 0) is 53.1 Å². The Labute approximate surface area is 134 Å². The Morgan fingerprint density at radius 2 is 1.86 bits per heavy atom. The van der Waals surface area contributed by atoms with Gasteiger partial charge in [-0.1, -0.05) is 6.08 Å². The van der Waals surface area contributed by atoms with Crippen molar-refractivity contribution in [3.8, 4) is 0 Å². The minimum absolute atomic E-state index is 0.0925. The largest absolute Gasteiger partial charge is 0.444 e. The molecule has 0 aliphatic carbocycles. The summed E-state index contributed by atoms with van der Waals surface area (Å²) < 4.78 is 5.50. The molecule has 1 amide bonds. The van der Waals surface area contributed by atoms with Gasteiger partial charge in [-0.15, -0.1) is 6.58 Å². The molecule has 22 heavy (non-hydrogen) atoms. The molecule has 5 heteroatoms. The molecule has 0 aromatic carbocycles. The SMILES string of the molecule is C=CC1(N2CCCN(C(=O)OC(C)(C)C)CC2)CCNCC1. The molecular formula is C17H31N3O2. The number of piperidine rings is 1. The third-order valence-corrected chi connectivity index (χ3v) is 4.63. The molecule has 0 aromatic heterocycles. The predicted octanol–water partition coefficient (Wildman–Crippen LogP) is 2.24. The second-order valence-corrected chi connectivity index (χ2v) is 7.37. The molecule has 0 unspecified atom stereocenters. The Morgan fingerprint density at radius 3 is 2.45 bits per heavy atom. The third-order valence-electron chi connectivity index (χ3n) is 4.63. The lowest BCUT2D eigenvalue weighted by Gasteiger charge is -2.44. The first-order chi connectivity index (χ1) is 10.4. The lowest BCUT2D eigenvalue weighted by molar-refractivity contribution is 0.0246. The summed E-state index contributed by atoms with van der Waals surface area (Å²) in [6.07, 6.45) is 5.12. The molecule has 126 valence electrons. The number of amides is 1. The zero-order chi connectivity index (χ0) is 16.2. The van der Waals surface area contributed by atoms with E-state index in [-0.39, 0.29) is 11.6 Å². The number of nitrogens with one attached hydrogen (secondary N) is 1. The van der Waals surface area contributed by atoms with Crippen LogP contribution in [0.5, 0.6) is 0 Å². The normalized spacial score (nSPS) is 23.7. The van der Waals surface area contributed by atoms with Crippen molar-refractivity contribution in [2.24, 2.45) is 0 Å². The third kappa shape index (κ3) is 4.23. The molecular weight excluding hydrogens is 278 g/mol. The number of ether oxygens (including phenoxy) is 1. The van der Waals surface area contributed by atoms with Crippen molar-refractivity contribution in [1.82, 2.24) is 15.1 Å². The van der Waals surface area contributed by atoms with E-state index in [1.54, 1.807) is 0 Å². The number of nitrogens with zero attached hydrogens (tertiary/aromatic N) is 2. The van der Waals surface area contributed by atoms with E-state index in [1.165, 1.54) is 0 Å². The van der Waals surface area contributed by atoms with Crippen LogP contribution in [0.2, 0.25) is 0 Å². The highest BCUT2D eigenvalue weighted by Gasteiger charge is 2.36. The molecule has 2 saturated heterocycles. The Hall–Kier alpha value is -1.07. The van der Waals surface area contributed by atoms with E-state index < -0.39 is 5.60 Å². The van der Waals surface area contributed by atoms with E-state index in [1.807, 2.05) is 25.7 Å². The summed E-state index contributed by atoms with van der Waals surface area (Å²) in [4.78, 5) is 16.6. The molecule has 0 bridgehead atoms. The van der Waals surface area contributed by atoms with Crippen molar-refractivity contribution >= 4 is 6.09 Å². The average Bonchev–Trinajstić information content (AvgIpc) is 2.72. The van der Waals surface area contributed by atoms with Gasteiger partial charge < -0.3 is 15.0 Å². The van der Waals surface area contributed by atoms with Crippen LogP contribution in [0.1, 0.15) is 40.0 Å². The molecule has 1 N–H and O–H groups in total. The van der Waals surface area contributed by atoms with Gasteiger partial charge in [-0.25, -0.2) is 4.79 Å². The lowest BCUT2D eigenvalue weighted by Crippen LogP contribution is -2.54. The van der Waals surface area contributed by atoms with Crippen LogP contribution in [-0.4, -0.2) is 66.3 Å². The Bertz CT molecular complexity index is 397. The maximum atomic E-state index is 12.3. The van der Waals surface area contributed by atoms with Gasteiger partial charge in [0, 0.05) is 31.7 Å². The summed E-state index contributed by atoms with van der Waals surface area (Å²) in [5, 5.41) is 3.42. The first-order valence-electron chi connectivity index (χ1n) is 8.44. The van der Waals surface area contributed by atoms with Gasteiger partial charge in [0.1, 0.15) is 5.60 Å². The van der Waals surface area contributed by atoms with Gasteiger partial charge in [-0.3, -0.25) is 4.90 Å². The molecule has 0 spiro atoms. The van der Waals surface area contributed by atoms with E-state index in [2.05, 4.69) is 22.9 Å². The summed E-state index contributed by atoms with van der Waals surface area (Å²) in [6, 6.07) is 0. The molecule has 0 saturated carbocycles. The van der Waals surface area contributed by atoms with E-state index >= 15 is 0 Å². The fourth-order valence-electron chi connectivity index (χ4n) is 3.38. The molecule has 0 radical (unpaired) electrons. The minimum atomic E-state index is -0.430. The maximum absolute atomic E-state index is 12.3. The van der Waals surface area contributed by atoms with E-state index in [0.717, 1.165) is 58.5 Å². The summed E-state index contributed by atoms with van der Waals surface area (Å²) in [6.45, 7) is 15.3. The summed E-state index contributed by atoms with van der Waals surface area (Å²) in [5.74, 6) is 0. The highest BCUT2D eigenvalue weighted by Crippen LogP contribution is 2.28. The second kappa shape index (κ2) is 7.01. The van der Waals surface area contributed by atoms with E-state index in [0.29, 0.717) is 0 Å². The molecule has 2 aliphatic rings. The van der Waals surface area contributed by atoms with Crippen LogP contribution >= 0.6 is 0 Å².